The van der Waals surface area contributed by atoms with E-state index in [2.05, 4.69) is 111 Å². The van der Waals surface area contributed by atoms with Crippen molar-refractivity contribution < 1.29 is 44.8 Å². The Balaban J connectivity index is 0.00000210. The molecule has 1 aliphatic heterocycles. The molecule has 5 aliphatic rings. The van der Waals surface area contributed by atoms with Gasteiger partial charge in [-0.1, -0.05) is 0 Å². The third-order valence-electron chi connectivity index (χ3n) is 14.1. The third kappa shape index (κ3) is 6.62. The van der Waals surface area contributed by atoms with Crippen LogP contribution in [-0.4, -0.2) is 0 Å². The first-order valence-electron chi connectivity index (χ1n) is 20.6. The van der Waals surface area contributed by atoms with Crippen LogP contribution in [0.15, 0.2) is 96.1 Å². The molecule has 2 unspecified atom stereocenters. The quantitative estimate of drug-likeness (QED) is 0.157. The van der Waals surface area contributed by atoms with Crippen molar-refractivity contribution in [3.63, 3.8) is 0 Å². The zero-order valence-corrected chi connectivity index (χ0v) is 36.5. The summed E-state index contributed by atoms with van der Waals surface area (Å²) in [5.41, 5.74) is 19.1. The van der Waals surface area contributed by atoms with Crippen molar-refractivity contribution in [2.24, 2.45) is 11.8 Å². The first-order valence-corrected chi connectivity index (χ1v) is 29.8. The maximum Gasteiger partial charge on any atom is -1.00 e. The van der Waals surface area contributed by atoms with Gasteiger partial charge in [0.25, 0.3) is 0 Å². The SMILES string of the molecule is CCc1ccc(-c2cccc3c2C=C(C2CCCCC2)[CH]3[Hf+2]2([CH]3C(C4CCCCC4)=Cc4c(-c5ccc(CC)cc5)cccc43)[CH2]C[CH2]2)cc1.[Cl-].[Cl-]. The Morgan fingerprint density at radius 1 is 0.481 bits per heavy atom. The molecule has 0 bridgehead atoms. The molecular formula is C49H56Cl2Hf. The van der Waals surface area contributed by atoms with Gasteiger partial charge in [0, 0.05) is 0 Å². The summed E-state index contributed by atoms with van der Waals surface area (Å²) in [7, 11) is 0. The number of rotatable bonds is 8. The Bertz CT molecular complexity index is 1780. The molecule has 4 aliphatic carbocycles. The molecule has 1 heterocycles. The largest absolute Gasteiger partial charge is 1.00 e. The summed E-state index contributed by atoms with van der Waals surface area (Å²) in [6.07, 6.45) is 23.4. The van der Waals surface area contributed by atoms with E-state index in [1.165, 1.54) is 104 Å². The average Bonchev–Trinajstić information content (AvgIpc) is 3.76. The average molecular weight is 894 g/mol. The molecule has 270 valence electrons. The number of allylic oxidation sites excluding steroid dienone is 2. The van der Waals surface area contributed by atoms with Crippen molar-refractivity contribution in [3.05, 3.63) is 129 Å². The van der Waals surface area contributed by atoms with Crippen LogP contribution in [0.1, 0.15) is 125 Å². The monoisotopic (exact) mass is 894 g/mol. The smallest absolute Gasteiger partial charge is 1.00 e. The predicted octanol–water partition coefficient (Wildman–Crippen LogP) is 8.28. The van der Waals surface area contributed by atoms with Crippen molar-refractivity contribution in [1.82, 2.24) is 0 Å². The van der Waals surface area contributed by atoms with Gasteiger partial charge >= 0.3 is 309 Å². The summed E-state index contributed by atoms with van der Waals surface area (Å²) < 4.78 is 4.61. The number of aryl methyl sites for hydroxylation is 2. The molecule has 0 radical (unpaired) electrons. The minimum atomic E-state index is -3.17. The molecule has 0 aromatic heterocycles. The zero-order valence-electron chi connectivity index (χ0n) is 31.4. The standard InChI is InChI=1S/2C23H25.C3H6.2ClH.Hf/c2*1-2-17-11-13-19(14-12-17)22-10-6-9-20-15-21(16-23(20)22)18-7-4-3-5-8-18;1-3-2;;;/h2*6,9-16,18H,2-5,7-8H2,1H3;1-3H2;2*1H;/q;;;;;+2/p-2. The molecule has 52 heavy (non-hydrogen) atoms. The summed E-state index contributed by atoms with van der Waals surface area (Å²) in [5, 5.41) is 0. The summed E-state index contributed by atoms with van der Waals surface area (Å²) in [6.45, 7) is 4.54. The van der Waals surface area contributed by atoms with Crippen LogP contribution in [0.5, 0.6) is 0 Å². The molecule has 4 aromatic carbocycles. The van der Waals surface area contributed by atoms with E-state index in [0.717, 1.165) is 32.0 Å². The Hall–Kier alpha value is -2.19. The fraction of sp³-hybridized carbons (Fsp3) is 0.429. The molecular weight excluding hydrogens is 838 g/mol. The maximum atomic E-state index is 2.81. The van der Waals surface area contributed by atoms with E-state index in [1.807, 2.05) is 11.1 Å². The summed E-state index contributed by atoms with van der Waals surface area (Å²) in [6, 6.07) is 34.1. The molecule has 2 atom stereocenters. The fourth-order valence-corrected chi connectivity index (χ4v) is 34.3. The molecule has 9 rings (SSSR count). The second-order valence-corrected chi connectivity index (χ2v) is 33.2. The maximum absolute atomic E-state index is 3.17. The third-order valence-corrected chi connectivity index (χ3v) is 36.2. The van der Waals surface area contributed by atoms with Crippen LogP contribution in [0.3, 0.4) is 0 Å². The zero-order chi connectivity index (χ0) is 33.7. The number of benzene rings is 4. The van der Waals surface area contributed by atoms with Gasteiger partial charge in [0.1, 0.15) is 0 Å². The van der Waals surface area contributed by atoms with Gasteiger partial charge in [-0.25, -0.2) is 0 Å². The van der Waals surface area contributed by atoms with Gasteiger partial charge in [-0.15, -0.1) is 0 Å². The second-order valence-electron chi connectivity index (χ2n) is 16.6. The van der Waals surface area contributed by atoms with Gasteiger partial charge in [-0.3, -0.25) is 0 Å². The van der Waals surface area contributed by atoms with E-state index in [-0.39, 0.29) is 24.8 Å². The van der Waals surface area contributed by atoms with Crippen LogP contribution in [-0.2, 0) is 32.8 Å². The number of halogens is 2. The van der Waals surface area contributed by atoms with Crippen molar-refractivity contribution in [1.29, 1.82) is 0 Å². The topological polar surface area (TPSA) is 0 Å². The summed E-state index contributed by atoms with van der Waals surface area (Å²) in [5.74, 6) is 1.56. The number of fused-ring (bicyclic) bond motifs is 2. The van der Waals surface area contributed by atoms with E-state index in [9.17, 15) is 0 Å². The summed E-state index contributed by atoms with van der Waals surface area (Å²) in [4.78, 5) is 0. The molecule has 0 spiro atoms. The van der Waals surface area contributed by atoms with E-state index >= 15 is 0 Å². The Labute approximate surface area is 331 Å². The fourth-order valence-electron chi connectivity index (χ4n) is 11.4. The van der Waals surface area contributed by atoms with Gasteiger partial charge in [-0.05, 0) is 0 Å². The Morgan fingerprint density at radius 2 is 0.885 bits per heavy atom. The molecule has 0 nitrogen and oxygen atoms in total. The van der Waals surface area contributed by atoms with Crippen LogP contribution in [0.4, 0.5) is 0 Å². The van der Waals surface area contributed by atoms with Gasteiger partial charge in [0.2, 0.25) is 0 Å². The molecule has 0 N–H and O–H groups in total. The van der Waals surface area contributed by atoms with E-state index < -0.39 is 20.0 Å². The molecule has 1 saturated heterocycles. The van der Waals surface area contributed by atoms with Crippen molar-refractivity contribution in [2.45, 2.75) is 113 Å². The van der Waals surface area contributed by atoms with Crippen LogP contribution < -0.4 is 24.8 Å². The van der Waals surface area contributed by atoms with Crippen LogP contribution in [0.25, 0.3) is 34.4 Å². The molecule has 4 aromatic rings. The minimum absolute atomic E-state index is 0. The van der Waals surface area contributed by atoms with Crippen LogP contribution in [0.2, 0.25) is 8.35 Å². The van der Waals surface area contributed by atoms with Crippen molar-refractivity contribution in [2.75, 3.05) is 0 Å². The molecule has 3 heteroatoms. The van der Waals surface area contributed by atoms with Gasteiger partial charge < -0.3 is 24.8 Å². The normalized spacial score (nSPS) is 21.7. The Kier molecular flexibility index (Phi) is 11.9. The van der Waals surface area contributed by atoms with Crippen LogP contribution >= 0.6 is 0 Å². The second kappa shape index (κ2) is 16.3. The molecule has 3 fully saturated rings. The van der Waals surface area contributed by atoms with E-state index in [0.29, 0.717) is 0 Å². The molecule has 2 saturated carbocycles. The number of hydrogen-bond donors (Lipinski definition) is 0. The van der Waals surface area contributed by atoms with Crippen molar-refractivity contribution >= 4 is 12.2 Å². The van der Waals surface area contributed by atoms with Gasteiger partial charge in [0.15, 0.2) is 0 Å². The summed E-state index contributed by atoms with van der Waals surface area (Å²) >= 11 is -3.17. The first-order chi connectivity index (χ1) is 24.7. The van der Waals surface area contributed by atoms with Crippen molar-refractivity contribution in [3.8, 4) is 22.3 Å². The number of hydrogen-bond acceptors (Lipinski definition) is 0. The predicted molar refractivity (Wildman–Crippen MR) is 211 cm³/mol. The van der Waals surface area contributed by atoms with E-state index in [1.54, 1.807) is 30.6 Å². The van der Waals surface area contributed by atoms with Gasteiger partial charge in [-0.2, -0.15) is 0 Å². The molecule has 0 amide bonds. The first kappa shape index (κ1) is 38.1. The van der Waals surface area contributed by atoms with Crippen LogP contribution in [0, 0.1) is 11.8 Å². The minimum Gasteiger partial charge on any atom is -1.00 e. The van der Waals surface area contributed by atoms with Gasteiger partial charge in [0.05, 0.1) is 0 Å². The van der Waals surface area contributed by atoms with E-state index in [4.69, 9.17) is 0 Å². The Morgan fingerprint density at radius 3 is 1.23 bits per heavy atom.